The lowest BCUT2D eigenvalue weighted by molar-refractivity contribution is 0.0454. The van der Waals surface area contributed by atoms with Crippen molar-refractivity contribution in [2.45, 2.75) is 163 Å². The molecule has 0 unspecified atom stereocenters. The lowest BCUT2D eigenvalue weighted by atomic mass is 9.68. The first kappa shape index (κ1) is 69.7. The highest BCUT2D eigenvalue weighted by Crippen LogP contribution is 2.49. The Morgan fingerprint density at radius 1 is 0.641 bits per heavy atom. The topological polar surface area (TPSA) is 239 Å². The summed E-state index contributed by atoms with van der Waals surface area (Å²) >= 11 is 12.8. The van der Waals surface area contributed by atoms with Crippen molar-refractivity contribution < 1.29 is 46.1 Å². The number of carbonyl (C=O) groups is 2. The molecule has 2 heterocycles. The van der Waals surface area contributed by atoms with Crippen LogP contribution in [-0.4, -0.2) is 101 Å². The fourth-order valence-electron chi connectivity index (χ4n) is 14.3. The van der Waals surface area contributed by atoms with Crippen LogP contribution in [0.15, 0.2) is 122 Å². The van der Waals surface area contributed by atoms with Gasteiger partial charge in [0.15, 0.2) is 10.5 Å². The first-order valence-electron chi connectivity index (χ1n) is 32.6. The molecule has 0 saturated heterocycles. The number of aryl methyl sites for hydroxylation is 2. The number of nitriles is 2. The Morgan fingerprint density at radius 2 is 1.05 bits per heavy atom. The van der Waals surface area contributed by atoms with Crippen LogP contribution in [-0.2, 0) is 43.7 Å². The Labute approximate surface area is 554 Å². The molecule has 16 nitrogen and oxygen atoms in total. The van der Waals surface area contributed by atoms with Crippen molar-refractivity contribution in [2.24, 2.45) is 23.7 Å². The summed E-state index contributed by atoms with van der Waals surface area (Å²) in [6.07, 6.45) is 24.3. The van der Waals surface area contributed by atoms with Crippen molar-refractivity contribution in [2.75, 3.05) is 49.2 Å². The van der Waals surface area contributed by atoms with Gasteiger partial charge in [-0.25, -0.2) is 26.3 Å². The summed E-state index contributed by atoms with van der Waals surface area (Å²) in [7, 11) is -8.46. The van der Waals surface area contributed by atoms with Crippen molar-refractivity contribution in [3.8, 4) is 23.6 Å². The molecule has 2 saturated carbocycles. The third kappa shape index (κ3) is 16.1. The van der Waals surface area contributed by atoms with E-state index in [9.17, 15) is 47.2 Å². The Morgan fingerprint density at radius 3 is 1.41 bits per heavy atom. The van der Waals surface area contributed by atoms with Crippen LogP contribution in [0.5, 0.6) is 11.5 Å². The smallest absolute Gasteiger partial charge is 0.264 e. The van der Waals surface area contributed by atoms with Gasteiger partial charge in [0.05, 0.1) is 48.9 Å². The first-order chi connectivity index (χ1) is 44.2. The zero-order valence-electron chi connectivity index (χ0n) is 52.9. The number of carbonyl (C=O) groups excluding carboxylic acids is 2. The van der Waals surface area contributed by atoms with E-state index >= 15 is 0 Å². The highest BCUT2D eigenvalue weighted by atomic mass is 35.5. The molecule has 92 heavy (non-hydrogen) atoms. The standard InChI is InChI=1S/2C36H44ClN3O5S/c2*1-3-5-7-11-33(41)30-15-12-27(30)22-40-23-36(18-8-9-25-19-28(37)14-16-31(25)36)24-45-34-17-13-26(20-32(34)40)35(42)39-46(43,44)29(21-38)10-6-4-2/h2*4,7,11,13-14,16-17,19-20,27,29-30,33,41H,2-3,5-6,8-10,12,15,18,22-24H2,1H3,(H,39,42)/b2*11-7+/t27-,29+,30+,33-,36-;27-,29-,30+,33-,36-/m00/s1. The van der Waals surface area contributed by atoms with Crippen LogP contribution in [0, 0.1) is 46.3 Å². The molecule has 10 atom stereocenters. The number of anilines is 2. The van der Waals surface area contributed by atoms with Gasteiger partial charge in [-0.05, 0) is 209 Å². The second-order valence-electron chi connectivity index (χ2n) is 25.9. The van der Waals surface area contributed by atoms with Gasteiger partial charge in [-0.3, -0.25) is 9.59 Å². The first-order valence-corrected chi connectivity index (χ1v) is 36.5. The van der Waals surface area contributed by atoms with E-state index in [4.69, 9.17) is 32.7 Å². The summed E-state index contributed by atoms with van der Waals surface area (Å²) < 4.78 is 69.0. The number of amides is 2. The lowest BCUT2D eigenvalue weighted by Crippen LogP contribution is -2.49. The molecular formula is C72H88Cl2N6O10S2. The van der Waals surface area contributed by atoms with Crippen LogP contribution < -0.4 is 28.7 Å². The minimum absolute atomic E-state index is 0.0469. The summed E-state index contributed by atoms with van der Waals surface area (Å²) in [4.78, 5) is 31.2. The largest absolute Gasteiger partial charge is 0.490 e. The van der Waals surface area contributed by atoms with E-state index < -0.39 is 54.6 Å². The fraction of sp³-hybridized carbons (Fsp3) is 0.500. The zero-order chi connectivity index (χ0) is 65.8. The van der Waals surface area contributed by atoms with E-state index in [0.717, 1.165) is 89.9 Å². The van der Waals surface area contributed by atoms with Crippen LogP contribution in [0.3, 0.4) is 0 Å². The number of nitrogens with zero attached hydrogens (tertiary/aromatic N) is 4. The van der Waals surface area contributed by atoms with Gasteiger partial charge in [-0.1, -0.05) is 98.5 Å². The van der Waals surface area contributed by atoms with Crippen molar-refractivity contribution in [3.63, 3.8) is 0 Å². The Kier molecular flexibility index (Phi) is 23.5. The number of unbranched alkanes of at least 4 members (excludes halogenated alkanes) is 2. The van der Waals surface area contributed by atoms with Gasteiger partial charge in [-0.2, -0.15) is 10.5 Å². The van der Waals surface area contributed by atoms with Crippen LogP contribution in [0.1, 0.15) is 160 Å². The molecule has 0 bridgehead atoms. The third-order valence-electron chi connectivity index (χ3n) is 19.7. The predicted molar refractivity (Wildman–Crippen MR) is 363 cm³/mol. The quantitative estimate of drug-likeness (QED) is 0.0477. The number of fused-ring (bicyclic) bond motifs is 6. The zero-order valence-corrected chi connectivity index (χ0v) is 56.1. The van der Waals surface area contributed by atoms with E-state index in [-0.39, 0.29) is 58.5 Å². The molecular weight excluding hydrogens is 1240 g/mol. The average molecular weight is 1330 g/mol. The monoisotopic (exact) mass is 1330 g/mol. The van der Waals surface area contributed by atoms with Crippen LogP contribution in [0.2, 0.25) is 10.0 Å². The van der Waals surface area contributed by atoms with Crippen molar-refractivity contribution in [1.82, 2.24) is 9.44 Å². The van der Waals surface area contributed by atoms with Crippen LogP contribution in [0.25, 0.3) is 0 Å². The van der Waals surface area contributed by atoms with Gasteiger partial charge in [0.2, 0.25) is 0 Å². The summed E-state index contributed by atoms with van der Waals surface area (Å²) in [6.45, 7) is 14.9. The van der Waals surface area contributed by atoms with E-state index in [1.165, 1.54) is 22.3 Å². The predicted octanol–water partition coefficient (Wildman–Crippen LogP) is 12.9. The Hall–Kier alpha value is -6.64. The summed E-state index contributed by atoms with van der Waals surface area (Å²) in [5, 5.41) is 39.6. The molecule has 2 amide bonds. The van der Waals surface area contributed by atoms with Gasteiger partial charge in [-0.15, -0.1) is 13.2 Å². The number of rotatable bonds is 24. The number of ether oxygens (including phenoxy) is 2. The van der Waals surface area contributed by atoms with Crippen molar-refractivity contribution in [3.05, 3.63) is 166 Å². The normalized spacial score (nSPS) is 23.7. The second kappa shape index (κ2) is 31.1. The van der Waals surface area contributed by atoms with E-state index in [2.05, 4.69) is 70.5 Å². The van der Waals surface area contributed by atoms with Crippen LogP contribution in [0.4, 0.5) is 11.4 Å². The van der Waals surface area contributed by atoms with Gasteiger partial charge >= 0.3 is 0 Å². The molecule has 4 aliphatic carbocycles. The van der Waals surface area contributed by atoms with Crippen LogP contribution >= 0.6 is 23.2 Å². The summed E-state index contributed by atoms with van der Waals surface area (Å²) in [5.41, 5.74) is 6.02. The molecule has 10 rings (SSSR count). The number of aliphatic hydroxyl groups excluding tert-OH is 2. The molecule has 0 radical (unpaired) electrons. The number of halogens is 2. The average Bonchev–Trinajstić information content (AvgIpc) is 1.48. The summed E-state index contributed by atoms with van der Waals surface area (Å²) in [6, 6.07) is 25.8. The SMILES string of the molecule is C=CCC[C@@H](C#N)S(=O)(=O)NC(=O)c1ccc2c(c1)N(C[C@@H]1CC[C@H]1[C@@H](O)/C=C/CCC)C[C@@]1(CCCc3cc(Cl)ccc31)CO2.C=CCC[C@H](C#N)S(=O)(=O)NC(=O)c1ccc2c(c1)N(C[C@@H]1CC[C@H]1[C@@H](O)/C=C/CCC)C[C@@]1(CCCc3cc(Cl)ccc31)CO2. The maximum atomic E-state index is 13.3. The van der Waals surface area contributed by atoms with Gasteiger partial charge in [0.1, 0.15) is 11.5 Å². The third-order valence-corrected chi connectivity index (χ3v) is 23.3. The Balaban J connectivity index is 0.000000217. The Bertz CT molecular complexity index is 3480. The number of allylic oxidation sites excluding steroid dienone is 4. The molecule has 4 aromatic rings. The molecule has 0 aromatic heterocycles. The molecule has 2 spiro atoms. The maximum absolute atomic E-state index is 13.3. The van der Waals surface area contributed by atoms with E-state index in [1.54, 1.807) is 60.7 Å². The molecule has 6 aliphatic rings. The number of hydrogen-bond acceptors (Lipinski definition) is 14. The highest BCUT2D eigenvalue weighted by molar-refractivity contribution is 7.91. The van der Waals surface area contributed by atoms with Gasteiger partial charge in [0, 0.05) is 58.2 Å². The lowest BCUT2D eigenvalue weighted by Gasteiger charge is -2.45. The number of hydrogen-bond donors (Lipinski definition) is 4. The molecule has 2 aliphatic heterocycles. The van der Waals surface area contributed by atoms with Gasteiger partial charge < -0.3 is 29.5 Å². The van der Waals surface area contributed by atoms with E-state index in [0.29, 0.717) is 85.2 Å². The molecule has 492 valence electrons. The number of benzene rings is 4. The van der Waals surface area contributed by atoms with Gasteiger partial charge in [0.25, 0.3) is 31.9 Å². The summed E-state index contributed by atoms with van der Waals surface area (Å²) in [5.74, 6) is 0.379. The number of sulfonamides is 2. The minimum atomic E-state index is -4.23. The maximum Gasteiger partial charge on any atom is 0.264 e. The molecule has 4 N–H and O–H groups in total. The second-order valence-corrected chi connectivity index (χ2v) is 30.5. The molecule has 2 fully saturated rings. The van der Waals surface area contributed by atoms with E-state index in [1.807, 2.05) is 36.4 Å². The number of nitrogens with one attached hydrogen (secondary N) is 2. The minimum Gasteiger partial charge on any atom is -0.490 e. The molecule has 4 aromatic carbocycles. The molecule has 20 heteroatoms. The fourth-order valence-corrected chi connectivity index (χ4v) is 16.9. The van der Waals surface area contributed by atoms with Crippen molar-refractivity contribution >= 4 is 66.4 Å². The highest BCUT2D eigenvalue weighted by Gasteiger charge is 2.47. The number of aliphatic hydroxyl groups is 2. The van der Waals surface area contributed by atoms with Crippen molar-refractivity contribution in [1.29, 1.82) is 10.5 Å².